The van der Waals surface area contributed by atoms with Crippen molar-refractivity contribution >= 4 is 5.97 Å². The predicted molar refractivity (Wildman–Crippen MR) is 110 cm³/mol. The van der Waals surface area contributed by atoms with Crippen molar-refractivity contribution in [2.75, 3.05) is 26.4 Å². The summed E-state index contributed by atoms with van der Waals surface area (Å²) in [4.78, 5) is 13.6. The molecule has 0 aromatic rings. The van der Waals surface area contributed by atoms with Gasteiger partial charge in [-0.3, -0.25) is 4.79 Å². The molecule has 3 aliphatic heterocycles. The third-order valence-corrected chi connectivity index (χ3v) is 11.1. The van der Waals surface area contributed by atoms with Crippen LogP contribution in [0.2, 0.25) is 0 Å². The number of rotatable bonds is 1. The van der Waals surface area contributed by atoms with Gasteiger partial charge in [-0.1, -0.05) is 6.92 Å². The predicted octanol–water partition coefficient (Wildman–Crippen LogP) is 3.67. The average Bonchev–Trinajstić information content (AvgIpc) is 3.51. The lowest BCUT2D eigenvalue weighted by molar-refractivity contribution is -0.238. The van der Waals surface area contributed by atoms with E-state index in [0.29, 0.717) is 36.9 Å². The Kier molecular flexibility index (Phi) is 3.98. The fourth-order valence-electron chi connectivity index (χ4n) is 9.89. The summed E-state index contributed by atoms with van der Waals surface area (Å²) in [5.74, 6) is 1.22. The maximum absolute atomic E-state index is 13.6. The van der Waals surface area contributed by atoms with Crippen LogP contribution in [-0.4, -0.2) is 50.1 Å². The number of hydrogen-bond acceptors (Lipinski definition) is 6. The second-order valence-electron chi connectivity index (χ2n) is 11.9. The van der Waals surface area contributed by atoms with Crippen LogP contribution in [0.25, 0.3) is 0 Å². The fourth-order valence-corrected chi connectivity index (χ4v) is 9.89. The summed E-state index contributed by atoms with van der Waals surface area (Å²) in [5.41, 5.74) is -0.199. The maximum atomic E-state index is 13.6. The van der Waals surface area contributed by atoms with Crippen molar-refractivity contribution < 1.29 is 28.5 Å². The molecule has 7 fully saturated rings. The number of esters is 1. The van der Waals surface area contributed by atoms with Crippen molar-refractivity contribution in [3.63, 3.8) is 0 Å². The largest absolute Gasteiger partial charge is 0.462 e. The van der Waals surface area contributed by atoms with Crippen molar-refractivity contribution in [2.45, 2.75) is 82.9 Å². The molecular weight excluding hydrogens is 396 g/mol. The van der Waals surface area contributed by atoms with Crippen LogP contribution in [0.5, 0.6) is 0 Å². The quantitative estimate of drug-likeness (QED) is 0.589. The van der Waals surface area contributed by atoms with E-state index in [-0.39, 0.29) is 29.2 Å². The molecule has 7 aliphatic rings. The summed E-state index contributed by atoms with van der Waals surface area (Å²) >= 11 is 0. The molecule has 6 heteroatoms. The van der Waals surface area contributed by atoms with Crippen molar-refractivity contribution in [1.29, 1.82) is 0 Å². The third kappa shape index (κ3) is 2.36. The fraction of sp³-hybridized carbons (Fsp3) is 0.960. The molecule has 0 amide bonds. The third-order valence-electron chi connectivity index (χ3n) is 11.1. The molecule has 4 aliphatic carbocycles. The summed E-state index contributed by atoms with van der Waals surface area (Å²) in [6.07, 6.45) is 8.54. The van der Waals surface area contributed by atoms with Crippen LogP contribution >= 0.6 is 0 Å². The minimum absolute atomic E-state index is 0.0478. The van der Waals surface area contributed by atoms with Crippen LogP contribution in [0, 0.1) is 40.4 Å². The van der Waals surface area contributed by atoms with Gasteiger partial charge in [0.15, 0.2) is 11.6 Å². The Hall–Kier alpha value is -0.690. The molecule has 3 heterocycles. The highest BCUT2D eigenvalue weighted by Crippen LogP contribution is 2.72. The van der Waals surface area contributed by atoms with E-state index >= 15 is 0 Å². The van der Waals surface area contributed by atoms with Crippen molar-refractivity contribution in [1.82, 2.24) is 0 Å². The highest BCUT2D eigenvalue weighted by atomic mass is 16.7. The molecule has 2 bridgehead atoms. The maximum Gasteiger partial charge on any atom is 0.313 e. The lowest BCUT2D eigenvalue weighted by atomic mass is 9.44. The zero-order chi connectivity index (χ0) is 21.1. The molecule has 0 aromatic carbocycles. The molecular formula is C25H36O6. The SMILES string of the molecule is CC1([C@@H]2CC[C@@H]3[C@@H]4CC[C@@H]5CC6(CC[C@]5(C)[C@@H]4[C@H]4C[C@]32C(=O)O4)OCCO6)OCCO1. The van der Waals surface area contributed by atoms with Gasteiger partial charge >= 0.3 is 5.97 Å². The highest BCUT2D eigenvalue weighted by molar-refractivity contribution is 5.81. The number of hydrogen-bond donors (Lipinski definition) is 0. The van der Waals surface area contributed by atoms with Gasteiger partial charge in [-0.05, 0) is 62.2 Å². The zero-order valence-corrected chi connectivity index (χ0v) is 18.9. The van der Waals surface area contributed by atoms with Gasteiger partial charge in [0, 0.05) is 31.1 Å². The topological polar surface area (TPSA) is 63.2 Å². The summed E-state index contributed by atoms with van der Waals surface area (Å²) in [6.45, 7) is 7.27. The first-order valence-electron chi connectivity index (χ1n) is 12.7. The van der Waals surface area contributed by atoms with Crippen LogP contribution < -0.4 is 0 Å². The zero-order valence-electron chi connectivity index (χ0n) is 18.9. The molecule has 0 aromatic heterocycles. The van der Waals surface area contributed by atoms with Gasteiger partial charge in [0.25, 0.3) is 0 Å². The minimum atomic E-state index is -0.634. The van der Waals surface area contributed by atoms with Crippen LogP contribution in [0.3, 0.4) is 0 Å². The van der Waals surface area contributed by atoms with Gasteiger partial charge in [-0.15, -0.1) is 0 Å². The molecule has 31 heavy (non-hydrogen) atoms. The Morgan fingerprint density at radius 3 is 2.35 bits per heavy atom. The smallest absolute Gasteiger partial charge is 0.313 e. The molecule has 3 saturated heterocycles. The molecule has 0 radical (unpaired) electrons. The normalized spacial score (nSPS) is 53.8. The Labute approximate surface area is 184 Å². The Morgan fingerprint density at radius 2 is 1.58 bits per heavy atom. The summed E-state index contributed by atoms with van der Waals surface area (Å²) in [6, 6.07) is 0. The summed E-state index contributed by atoms with van der Waals surface area (Å²) in [5, 5.41) is 0. The van der Waals surface area contributed by atoms with Crippen molar-refractivity contribution in [3.05, 3.63) is 0 Å². The molecule has 7 rings (SSSR count). The molecule has 2 spiro atoms. The molecule has 6 nitrogen and oxygen atoms in total. The molecule has 4 saturated carbocycles. The lowest BCUT2D eigenvalue weighted by Crippen LogP contribution is -2.60. The van der Waals surface area contributed by atoms with E-state index in [1.165, 1.54) is 12.8 Å². The van der Waals surface area contributed by atoms with E-state index < -0.39 is 11.2 Å². The Balaban J connectivity index is 1.23. The Bertz CT molecular complexity index is 785. The Morgan fingerprint density at radius 1 is 0.839 bits per heavy atom. The minimum Gasteiger partial charge on any atom is -0.462 e. The van der Waals surface area contributed by atoms with Gasteiger partial charge in [0.1, 0.15) is 6.10 Å². The van der Waals surface area contributed by atoms with E-state index in [4.69, 9.17) is 23.7 Å². The van der Waals surface area contributed by atoms with Crippen LogP contribution in [-0.2, 0) is 28.5 Å². The number of carbonyl (C=O) groups is 1. The van der Waals surface area contributed by atoms with Crippen molar-refractivity contribution in [2.24, 2.45) is 40.4 Å². The van der Waals surface area contributed by atoms with Crippen LogP contribution in [0.15, 0.2) is 0 Å². The first-order chi connectivity index (χ1) is 14.9. The van der Waals surface area contributed by atoms with Crippen LogP contribution in [0.1, 0.15) is 65.2 Å². The van der Waals surface area contributed by atoms with Crippen LogP contribution in [0.4, 0.5) is 0 Å². The van der Waals surface area contributed by atoms with Gasteiger partial charge in [-0.2, -0.15) is 0 Å². The molecule has 0 unspecified atom stereocenters. The summed E-state index contributed by atoms with van der Waals surface area (Å²) in [7, 11) is 0. The second-order valence-corrected chi connectivity index (χ2v) is 11.9. The molecule has 8 atom stereocenters. The van der Waals surface area contributed by atoms with Gasteiger partial charge < -0.3 is 23.7 Å². The lowest BCUT2D eigenvalue weighted by Gasteiger charge is -2.61. The van der Waals surface area contributed by atoms with E-state index in [9.17, 15) is 4.79 Å². The molecule has 0 N–H and O–H groups in total. The average molecular weight is 433 g/mol. The first kappa shape index (κ1) is 19.7. The first-order valence-corrected chi connectivity index (χ1v) is 12.7. The second kappa shape index (κ2) is 6.25. The number of ether oxygens (including phenoxy) is 5. The van der Waals surface area contributed by atoms with Crippen molar-refractivity contribution in [3.8, 4) is 0 Å². The highest BCUT2D eigenvalue weighted by Gasteiger charge is 2.75. The number of carbonyl (C=O) groups excluding carboxylic acids is 1. The van der Waals surface area contributed by atoms with Gasteiger partial charge in [0.2, 0.25) is 0 Å². The monoisotopic (exact) mass is 432 g/mol. The van der Waals surface area contributed by atoms with E-state index in [1.54, 1.807) is 0 Å². The summed E-state index contributed by atoms with van der Waals surface area (Å²) < 4.78 is 30.7. The van der Waals surface area contributed by atoms with Gasteiger partial charge in [-0.25, -0.2) is 0 Å². The standard InChI is InChI=1S/C25H36O6/c1-22-7-8-24(29-11-12-30-24)13-15(22)3-4-16-17-5-6-19(23(2)27-9-10-28-23)25(17)14-18(20(16)22)31-21(25)26/h15-20H,3-14H2,1-2H3/t15-,16+,17-,18-,19+,20+,22+,25+/m1/s1. The van der Waals surface area contributed by atoms with E-state index in [1.807, 2.05) is 0 Å². The van der Waals surface area contributed by atoms with E-state index in [0.717, 1.165) is 51.7 Å². The van der Waals surface area contributed by atoms with Gasteiger partial charge in [0.05, 0.1) is 31.8 Å². The number of fused-ring (bicyclic) bond motifs is 6. The molecule has 172 valence electrons. The van der Waals surface area contributed by atoms with E-state index in [2.05, 4.69) is 13.8 Å².